The van der Waals surface area contributed by atoms with E-state index in [0.717, 1.165) is 0 Å². The zero-order chi connectivity index (χ0) is 8.97. The molecule has 0 amide bonds. The number of azide groups is 1. The van der Waals surface area contributed by atoms with Crippen LogP contribution in [0.3, 0.4) is 0 Å². The summed E-state index contributed by atoms with van der Waals surface area (Å²) in [5, 5.41) is 20.7. The second-order valence-corrected chi connectivity index (χ2v) is 2.15. The van der Waals surface area contributed by atoms with Crippen LogP contribution < -0.4 is 0 Å². The van der Waals surface area contributed by atoms with Gasteiger partial charge in [-0.05, 0) is 5.53 Å². The van der Waals surface area contributed by atoms with Crippen molar-refractivity contribution in [1.82, 2.24) is 0 Å². The van der Waals surface area contributed by atoms with Crippen LogP contribution in [-0.2, 0) is 0 Å². The number of rotatable bonds is 2. The summed E-state index contributed by atoms with van der Waals surface area (Å²) in [6, 6.07) is 5.98. The van der Waals surface area contributed by atoms with Gasteiger partial charge < -0.3 is 10.2 Å². The molecule has 0 aromatic heterocycles. The van der Waals surface area contributed by atoms with Crippen LogP contribution in [0.15, 0.2) is 29.4 Å². The summed E-state index contributed by atoms with van der Waals surface area (Å²) in [5.74, 6) is 0. The van der Waals surface area contributed by atoms with Crippen molar-refractivity contribution in [1.29, 1.82) is 0 Å². The molecular formula is C7H7N3O2. The van der Waals surface area contributed by atoms with Gasteiger partial charge in [-0.1, -0.05) is 29.4 Å². The third-order valence-electron chi connectivity index (χ3n) is 1.35. The van der Waals surface area contributed by atoms with Crippen molar-refractivity contribution in [2.45, 2.75) is 6.29 Å². The number of hydrogen-bond acceptors (Lipinski definition) is 3. The monoisotopic (exact) mass is 165 g/mol. The van der Waals surface area contributed by atoms with E-state index in [1.54, 1.807) is 0 Å². The Morgan fingerprint density at radius 1 is 1.25 bits per heavy atom. The summed E-state index contributed by atoms with van der Waals surface area (Å²) in [4.78, 5) is 2.58. The molecule has 0 atom stereocenters. The molecule has 0 saturated heterocycles. The molecule has 1 rings (SSSR count). The zero-order valence-corrected chi connectivity index (χ0v) is 6.12. The molecule has 0 aliphatic rings. The van der Waals surface area contributed by atoms with Crippen molar-refractivity contribution in [3.63, 3.8) is 0 Å². The molecule has 2 N–H and O–H groups in total. The van der Waals surface area contributed by atoms with Crippen LogP contribution in [0.5, 0.6) is 0 Å². The Labute approximate surface area is 68.5 Å². The topological polar surface area (TPSA) is 89.2 Å². The number of aliphatic hydroxyl groups excluding tert-OH is 1. The van der Waals surface area contributed by atoms with E-state index in [4.69, 9.17) is 15.7 Å². The fraction of sp³-hybridized carbons (Fsp3) is 0.143. The first-order valence-electron chi connectivity index (χ1n) is 3.25. The molecule has 0 unspecified atom stereocenters. The summed E-state index contributed by atoms with van der Waals surface area (Å²) < 4.78 is 0. The number of nitrogens with zero attached hydrogens (tertiary/aromatic N) is 3. The van der Waals surface area contributed by atoms with Gasteiger partial charge in [0.25, 0.3) is 0 Å². The number of benzene rings is 1. The van der Waals surface area contributed by atoms with Gasteiger partial charge in [0.15, 0.2) is 6.29 Å². The maximum atomic E-state index is 8.70. The lowest BCUT2D eigenvalue weighted by Crippen LogP contribution is -1.92. The van der Waals surface area contributed by atoms with Crippen molar-refractivity contribution >= 4 is 5.69 Å². The Morgan fingerprint density at radius 2 is 1.83 bits per heavy atom. The van der Waals surface area contributed by atoms with Gasteiger partial charge in [-0.15, -0.1) is 0 Å². The minimum absolute atomic E-state index is 0.367. The highest BCUT2D eigenvalue weighted by Gasteiger charge is 1.99. The average molecular weight is 165 g/mol. The second kappa shape index (κ2) is 3.73. The normalized spacial score (nSPS) is 9.58. The van der Waals surface area contributed by atoms with E-state index in [1.807, 2.05) is 0 Å². The quantitative estimate of drug-likeness (QED) is 0.301. The largest absolute Gasteiger partial charge is 0.364 e. The van der Waals surface area contributed by atoms with Gasteiger partial charge in [-0.25, -0.2) is 0 Å². The molecule has 0 aliphatic heterocycles. The Morgan fingerprint density at radius 3 is 2.25 bits per heavy atom. The minimum atomic E-state index is -1.48. The molecule has 0 saturated carbocycles. The predicted molar refractivity (Wildman–Crippen MR) is 42.4 cm³/mol. The number of aliphatic hydroxyl groups is 2. The predicted octanol–water partition coefficient (Wildman–Crippen LogP) is 1.61. The van der Waals surface area contributed by atoms with E-state index in [2.05, 4.69) is 10.0 Å². The lowest BCUT2D eigenvalue weighted by Gasteiger charge is -2.01. The maximum absolute atomic E-state index is 8.70. The summed E-state index contributed by atoms with van der Waals surface area (Å²) in [6.45, 7) is 0. The van der Waals surface area contributed by atoms with E-state index in [-0.39, 0.29) is 0 Å². The summed E-state index contributed by atoms with van der Waals surface area (Å²) in [6.07, 6.45) is -1.48. The van der Waals surface area contributed by atoms with Crippen LogP contribution in [0.2, 0.25) is 0 Å². The Kier molecular flexibility index (Phi) is 2.66. The van der Waals surface area contributed by atoms with Crippen molar-refractivity contribution in [3.8, 4) is 0 Å². The molecule has 0 bridgehead atoms. The lowest BCUT2D eigenvalue weighted by atomic mass is 10.2. The minimum Gasteiger partial charge on any atom is -0.364 e. The molecule has 0 heterocycles. The van der Waals surface area contributed by atoms with Gasteiger partial charge in [-0.3, -0.25) is 0 Å². The highest BCUT2D eigenvalue weighted by atomic mass is 16.5. The first kappa shape index (κ1) is 8.55. The molecule has 0 aliphatic carbocycles. The first-order chi connectivity index (χ1) is 5.74. The molecule has 5 heteroatoms. The zero-order valence-electron chi connectivity index (χ0n) is 6.12. The molecule has 0 radical (unpaired) electrons. The van der Waals surface area contributed by atoms with Crippen LogP contribution in [0, 0.1) is 0 Å². The van der Waals surface area contributed by atoms with Gasteiger partial charge in [-0.2, -0.15) is 0 Å². The van der Waals surface area contributed by atoms with Gasteiger partial charge in [0, 0.05) is 16.2 Å². The maximum Gasteiger partial charge on any atom is 0.178 e. The van der Waals surface area contributed by atoms with E-state index in [1.165, 1.54) is 24.3 Å². The smallest absolute Gasteiger partial charge is 0.178 e. The fourth-order valence-electron chi connectivity index (χ4n) is 0.765. The highest BCUT2D eigenvalue weighted by Crippen LogP contribution is 2.16. The van der Waals surface area contributed by atoms with Crippen LogP contribution >= 0.6 is 0 Å². The molecule has 0 fully saturated rings. The molecule has 1 aromatic carbocycles. The SMILES string of the molecule is [N-]=[N+]=Nc1ccc(C(O)O)cc1. The van der Waals surface area contributed by atoms with Gasteiger partial charge in [0.2, 0.25) is 0 Å². The molecule has 62 valence electrons. The van der Waals surface area contributed by atoms with Crippen LogP contribution in [0.1, 0.15) is 11.9 Å². The molecular weight excluding hydrogens is 158 g/mol. The van der Waals surface area contributed by atoms with E-state index >= 15 is 0 Å². The first-order valence-corrected chi connectivity index (χ1v) is 3.25. The third kappa shape index (κ3) is 1.96. The molecule has 1 aromatic rings. The van der Waals surface area contributed by atoms with Crippen LogP contribution in [0.25, 0.3) is 10.4 Å². The average Bonchev–Trinajstić information content (AvgIpc) is 2.06. The van der Waals surface area contributed by atoms with Gasteiger partial charge in [0.1, 0.15) is 0 Å². The highest BCUT2D eigenvalue weighted by molar-refractivity contribution is 5.38. The molecule has 0 spiro atoms. The van der Waals surface area contributed by atoms with Crippen molar-refractivity contribution in [2.75, 3.05) is 0 Å². The number of hydrogen-bond donors (Lipinski definition) is 2. The van der Waals surface area contributed by atoms with E-state index in [9.17, 15) is 0 Å². The fourth-order valence-corrected chi connectivity index (χ4v) is 0.765. The van der Waals surface area contributed by atoms with Crippen molar-refractivity contribution < 1.29 is 10.2 Å². The lowest BCUT2D eigenvalue weighted by molar-refractivity contribution is -0.0424. The van der Waals surface area contributed by atoms with Gasteiger partial charge in [0.05, 0.1) is 0 Å². The Hall–Kier alpha value is -1.55. The van der Waals surface area contributed by atoms with E-state index in [0.29, 0.717) is 11.3 Å². The van der Waals surface area contributed by atoms with Crippen LogP contribution in [-0.4, -0.2) is 10.2 Å². The molecule has 12 heavy (non-hydrogen) atoms. The summed E-state index contributed by atoms with van der Waals surface area (Å²) >= 11 is 0. The Balaban J connectivity index is 2.92. The second-order valence-electron chi connectivity index (χ2n) is 2.15. The summed E-state index contributed by atoms with van der Waals surface area (Å²) in [5.41, 5.74) is 8.87. The summed E-state index contributed by atoms with van der Waals surface area (Å²) in [7, 11) is 0. The van der Waals surface area contributed by atoms with Crippen molar-refractivity contribution in [3.05, 3.63) is 40.3 Å². The van der Waals surface area contributed by atoms with E-state index < -0.39 is 6.29 Å². The standard InChI is InChI=1S/C7H7N3O2/c8-10-9-6-3-1-5(2-4-6)7(11)12/h1-4,7,11-12H. The van der Waals surface area contributed by atoms with Crippen LogP contribution in [0.4, 0.5) is 5.69 Å². The third-order valence-corrected chi connectivity index (χ3v) is 1.35. The Bertz CT molecular complexity index is 301. The van der Waals surface area contributed by atoms with Gasteiger partial charge >= 0.3 is 0 Å². The molecule has 5 nitrogen and oxygen atoms in total. The van der Waals surface area contributed by atoms with Crippen molar-refractivity contribution in [2.24, 2.45) is 5.11 Å².